The number of nitrogens with one attached hydrogen (secondary N) is 3. The fraction of sp³-hybridized carbons (Fsp3) is 0.348. The second kappa shape index (κ2) is 13.7. The molecule has 0 spiro atoms. The topological polar surface area (TPSA) is 196 Å². The SMILES string of the molecule is CC(=O)Nc1nc(CCc2ccc(N=CNC(=O)O)cc2)c(C(=O)N[C@@H](CCC(N)=O)C(=O)N(C)C)s1. The van der Waals surface area contributed by atoms with E-state index in [1.54, 1.807) is 12.1 Å². The summed E-state index contributed by atoms with van der Waals surface area (Å²) in [6.07, 6.45) is 0.676. The third-order valence-electron chi connectivity index (χ3n) is 4.90. The van der Waals surface area contributed by atoms with Crippen molar-refractivity contribution in [2.45, 2.75) is 38.6 Å². The molecule has 0 saturated heterocycles. The van der Waals surface area contributed by atoms with Crippen LogP contribution in [0.4, 0.5) is 15.6 Å². The Morgan fingerprint density at radius 2 is 1.84 bits per heavy atom. The third-order valence-corrected chi connectivity index (χ3v) is 5.91. The van der Waals surface area contributed by atoms with Crippen LogP contribution >= 0.6 is 11.3 Å². The molecule has 13 nitrogen and oxygen atoms in total. The van der Waals surface area contributed by atoms with Gasteiger partial charge in [0.1, 0.15) is 10.9 Å². The number of likely N-dealkylation sites (N-methyl/N-ethyl adjacent to an activating group) is 1. The van der Waals surface area contributed by atoms with Crippen molar-refractivity contribution in [3.63, 3.8) is 0 Å². The number of amides is 5. The number of benzene rings is 1. The Kier molecular flexibility index (Phi) is 10.7. The Morgan fingerprint density at radius 1 is 1.16 bits per heavy atom. The Morgan fingerprint density at radius 3 is 2.41 bits per heavy atom. The van der Waals surface area contributed by atoms with Gasteiger partial charge in [-0.05, 0) is 37.0 Å². The predicted molar refractivity (Wildman–Crippen MR) is 138 cm³/mol. The van der Waals surface area contributed by atoms with Gasteiger partial charge in [0.25, 0.3) is 5.91 Å². The Bertz CT molecular complexity index is 1180. The van der Waals surface area contributed by atoms with E-state index in [0.717, 1.165) is 23.2 Å². The van der Waals surface area contributed by atoms with Gasteiger partial charge in [-0.1, -0.05) is 23.5 Å². The van der Waals surface area contributed by atoms with Crippen LogP contribution in [-0.2, 0) is 27.2 Å². The van der Waals surface area contributed by atoms with Crippen molar-refractivity contribution < 1.29 is 29.1 Å². The molecule has 5 amide bonds. The number of aryl methyl sites for hydroxylation is 2. The molecular formula is C23H29N7O6S. The molecule has 0 saturated carbocycles. The lowest BCUT2D eigenvalue weighted by atomic mass is 10.1. The zero-order valence-electron chi connectivity index (χ0n) is 20.6. The first kappa shape index (κ1) is 28.9. The first-order valence-electron chi connectivity index (χ1n) is 11.1. The summed E-state index contributed by atoms with van der Waals surface area (Å²) >= 11 is 0.986. The van der Waals surface area contributed by atoms with Gasteiger partial charge in [-0.15, -0.1) is 0 Å². The van der Waals surface area contributed by atoms with Crippen LogP contribution in [0.5, 0.6) is 0 Å². The molecule has 0 bridgehead atoms. The summed E-state index contributed by atoms with van der Waals surface area (Å²) < 4.78 is 0. The molecule has 2 rings (SSSR count). The molecule has 2 aromatic rings. The maximum absolute atomic E-state index is 13.1. The predicted octanol–water partition coefficient (Wildman–Crippen LogP) is 1.27. The van der Waals surface area contributed by atoms with Gasteiger partial charge >= 0.3 is 6.09 Å². The van der Waals surface area contributed by atoms with Crippen LogP contribution in [0, 0.1) is 0 Å². The largest absolute Gasteiger partial charge is 0.465 e. The smallest absolute Gasteiger partial charge is 0.409 e. The van der Waals surface area contributed by atoms with Crippen molar-refractivity contribution in [3.8, 4) is 0 Å². The number of carbonyl (C=O) groups is 5. The number of rotatable bonds is 12. The Balaban J connectivity index is 2.19. The Hall–Kier alpha value is -4.33. The number of nitrogens with zero attached hydrogens (tertiary/aromatic N) is 3. The number of hydrogen-bond acceptors (Lipinski definition) is 8. The van der Waals surface area contributed by atoms with E-state index < -0.39 is 23.9 Å². The van der Waals surface area contributed by atoms with Crippen molar-refractivity contribution in [3.05, 3.63) is 40.4 Å². The van der Waals surface area contributed by atoms with Gasteiger partial charge in [0.2, 0.25) is 17.7 Å². The van der Waals surface area contributed by atoms with Crippen LogP contribution in [0.25, 0.3) is 0 Å². The first-order chi connectivity index (χ1) is 17.5. The summed E-state index contributed by atoms with van der Waals surface area (Å²) in [4.78, 5) is 68.9. The molecule has 198 valence electrons. The molecule has 0 aliphatic carbocycles. The van der Waals surface area contributed by atoms with Gasteiger partial charge in [-0.25, -0.2) is 14.8 Å². The number of hydrogen-bond donors (Lipinski definition) is 5. The molecular weight excluding hydrogens is 502 g/mol. The lowest BCUT2D eigenvalue weighted by molar-refractivity contribution is -0.131. The molecule has 1 aromatic carbocycles. The lowest BCUT2D eigenvalue weighted by Gasteiger charge is -2.21. The van der Waals surface area contributed by atoms with Gasteiger partial charge in [0.15, 0.2) is 5.13 Å². The average molecular weight is 532 g/mol. The number of aliphatic imine (C=N–C) groups is 1. The zero-order valence-corrected chi connectivity index (χ0v) is 21.4. The number of nitrogens with two attached hydrogens (primary N) is 1. The normalized spacial score (nSPS) is 11.5. The summed E-state index contributed by atoms with van der Waals surface area (Å²) in [6.45, 7) is 1.33. The van der Waals surface area contributed by atoms with Gasteiger partial charge in [0, 0.05) is 27.4 Å². The van der Waals surface area contributed by atoms with Crippen molar-refractivity contribution in [2.24, 2.45) is 10.7 Å². The average Bonchev–Trinajstić information content (AvgIpc) is 3.22. The van der Waals surface area contributed by atoms with E-state index in [-0.39, 0.29) is 34.7 Å². The highest BCUT2D eigenvalue weighted by molar-refractivity contribution is 7.17. The number of thiazole rings is 1. The minimum absolute atomic E-state index is 0.0432. The summed E-state index contributed by atoms with van der Waals surface area (Å²) in [5, 5.41) is 16.1. The second-order valence-corrected chi connectivity index (χ2v) is 9.11. The lowest BCUT2D eigenvalue weighted by Crippen LogP contribution is -2.46. The standard InChI is InChI=1S/C23H29N7O6S/c1-13(31)27-22-29-16(9-6-14-4-7-15(8-5-14)25-12-26-23(35)36)19(37-22)20(33)28-17(10-11-18(24)32)21(34)30(2)3/h4-5,7-8,12,17H,6,9-11H2,1-3H3,(H2,24,32)(H,25,26)(H,28,33)(H,35,36)(H,27,29,31)/t17-/m0/s1. The van der Waals surface area contributed by atoms with E-state index in [1.165, 1.54) is 25.9 Å². The van der Waals surface area contributed by atoms with E-state index in [0.29, 0.717) is 24.2 Å². The van der Waals surface area contributed by atoms with E-state index >= 15 is 0 Å². The minimum Gasteiger partial charge on any atom is -0.465 e. The zero-order chi connectivity index (χ0) is 27.5. The van der Waals surface area contributed by atoms with Crippen LogP contribution in [-0.4, -0.2) is 71.2 Å². The second-order valence-electron chi connectivity index (χ2n) is 8.11. The summed E-state index contributed by atoms with van der Waals surface area (Å²) in [7, 11) is 3.08. The molecule has 0 radical (unpaired) electrons. The fourth-order valence-electron chi connectivity index (χ4n) is 3.16. The number of aromatic nitrogens is 1. The molecule has 1 heterocycles. The molecule has 1 aromatic heterocycles. The molecule has 0 aliphatic rings. The molecule has 1 atom stereocenters. The maximum atomic E-state index is 13.1. The first-order valence-corrected chi connectivity index (χ1v) is 12.0. The van der Waals surface area contributed by atoms with E-state index in [9.17, 15) is 24.0 Å². The highest BCUT2D eigenvalue weighted by Crippen LogP contribution is 2.25. The van der Waals surface area contributed by atoms with Gasteiger partial charge in [0.05, 0.1) is 17.7 Å². The Labute approximate surface area is 217 Å². The van der Waals surface area contributed by atoms with E-state index in [2.05, 4.69) is 20.6 Å². The molecule has 14 heteroatoms. The van der Waals surface area contributed by atoms with Crippen LogP contribution in [0.1, 0.15) is 40.7 Å². The molecule has 0 unspecified atom stereocenters. The van der Waals surface area contributed by atoms with Gasteiger partial charge in [-0.3, -0.25) is 24.5 Å². The minimum atomic E-state index is -1.22. The number of primary amides is 1. The van der Waals surface area contributed by atoms with Crippen LogP contribution < -0.4 is 21.7 Å². The van der Waals surface area contributed by atoms with Crippen molar-refractivity contribution in [2.75, 3.05) is 19.4 Å². The van der Waals surface area contributed by atoms with E-state index in [4.69, 9.17) is 10.8 Å². The summed E-state index contributed by atoms with van der Waals surface area (Å²) in [6, 6.07) is 6.08. The van der Waals surface area contributed by atoms with E-state index in [1.807, 2.05) is 17.4 Å². The van der Waals surface area contributed by atoms with Crippen LogP contribution in [0.15, 0.2) is 29.3 Å². The number of carboxylic acid groups (broad SMARTS) is 1. The molecule has 37 heavy (non-hydrogen) atoms. The highest BCUT2D eigenvalue weighted by Gasteiger charge is 2.26. The molecule has 6 N–H and O–H groups in total. The van der Waals surface area contributed by atoms with Crippen molar-refractivity contribution >= 4 is 58.2 Å². The highest BCUT2D eigenvalue weighted by atomic mass is 32.1. The number of carbonyl (C=O) groups excluding carboxylic acids is 4. The monoisotopic (exact) mass is 531 g/mol. The van der Waals surface area contributed by atoms with Crippen LogP contribution in [0.3, 0.4) is 0 Å². The maximum Gasteiger partial charge on any atom is 0.409 e. The third kappa shape index (κ3) is 9.68. The van der Waals surface area contributed by atoms with Crippen LogP contribution in [0.2, 0.25) is 0 Å². The van der Waals surface area contributed by atoms with Gasteiger partial charge in [-0.2, -0.15) is 0 Å². The van der Waals surface area contributed by atoms with Gasteiger partial charge < -0.3 is 26.4 Å². The summed E-state index contributed by atoms with van der Waals surface area (Å²) in [5.74, 6) is -1.87. The van der Waals surface area contributed by atoms with Crippen molar-refractivity contribution in [1.29, 1.82) is 0 Å². The quantitative estimate of drug-likeness (QED) is 0.201. The number of anilines is 1. The van der Waals surface area contributed by atoms with Crippen molar-refractivity contribution in [1.82, 2.24) is 20.5 Å². The summed E-state index contributed by atoms with van der Waals surface area (Å²) in [5.41, 5.74) is 7.11. The molecule has 0 fully saturated rings. The fourth-order valence-corrected chi connectivity index (χ4v) is 4.12. The molecule has 0 aliphatic heterocycles.